The summed E-state index contributed by atoms with van der Waals surface area (Å²) in [4.78, 5) is 11.8. The van der Waals surface area contributed by atoms with E-state index in [1.807, 2.05) is 0 Å². The maximum absolute atomic E-state index is 13.0. The summed E-state index contributed by atoms with van der Waals surface area (Å²) in [5, 5.41) is 1.08. The zero-order valence-corrected chi connectivity index (χ0v) is 8.53. The monoisotopic (exact) mass is 208 g/mol. The summed E-state index contributed by atoms with van der Waals surface area (Å²) in [6.07, 6.45) is 1.49. The van der Waals surface area contributed by atoms with E-state index in [1.165, 1.54) is 19.2 Å². The Bertz CT molecular complexity index is 399. The van der Waals surface area contributed by atoms with Crippen molar-refractivity contribution in [1.82, 2.24) is 5.01 Å². The van der Waals surface area contributed by atoms with Crippen LogP contribution in [0.1, 0.15) is 18.4 Å². The molecule has 2 rings (SSSR count). The molecule has 1 aromatic carbocycles. The van der Waals surface area contributed by atoms with Crippen molar-refractivity contribution in [2.75, 3.05) is 7.05 Å². The fourth-order valence-electron chi connectivity index (χ4n) is 1.87. The standard InChI is InChI=1S/C11H13FN2O/c1-14(13)10(15)11(5-6-11)8-3-2-4-9(12)7-8/h2-4,7H,5-6,13H2,1H3. The highest BCUT2D eigenvalue weighted by molar-refractivity contribution is 5.90. The van der Waals surface area contributed by atoms with E-state index in [4.69, 9.17) is 5.84 Å². The van der Waals surface area contributed by atoms with Crippen molar-refractivity contribution in [3.63, 3.8) is 0 Å². The Balaban J connectivity index is 2.35. The number of hydrazine groups is 1. The van der Waals surface area contributed by atoms with Gasteiger partial charge in [-0.25, -0.2) is 10.2 Å². The molecule has 4 heteroatoms. The normalized spacial score (nSPS) is 17.3. The summed E-state index contributed by atoms with van der Waals surface area (Å²) < 4.78 is 13.0. The minimum atomic E-state index is -0.564. The Morgan fingerprint density at radius 3 is 2.67 bits per heavy atom. The van der Waals surface area contributed by atoms with E-state index in [2.05, 4.69) is 0 Å². The number of nitrogens with two attached hydrogens (primary N) is 1. The summed E-state index contributed by atoms with van der Waals surface area (Å²) in [6.45, 7) is 0. The van der Waals surface area contributed by atoms with Gasteiger partial charge in [0.05, 0.1) is 5.41 Å². The zero-order valence-electron chi connectivity index (χ0n) is 8.53. The molecule has 0 bridgehead atoms. The van der Waals surface area contributed by atoms with Crippen LogP contribution < -0.4 is 5.84 Å². The van der Waals surface area contributed by atoms with E-state index in [1.54, 1.807) is 12.1 Å². The van der Waals surface area contributed by atoms with Crippen LogP contribution in [0.15, 0.2) is 24.3 Å². The van der Waals surface area contributed by atoms with Crippen LogP contribution in [-0.2, 0) is 10.2 Å². The van der Waals surface area contributed by atoms with Gasteiger partial charge in [0.2, 0.25) is 5.91 Å². The molecule has 0 unspecified atom stereocenters. The van der Waals surface area contributed by atoms with Crippen LogP contribution in [-0.4, -0.2) is 18.0 Å². The number of carbonyl (C=O) groups excluding carboxylic acids is 1. The molecule has 80 valence electrons. The minimum Gasteiger partial charge on any atom is -0.283 e. The molecule has 0 saturated heterocycles. The lowest BCUT2D eigenvalue weighted by Gasteiger charge is -2.19. The first kappa shape index (κ1) is 10.1. The minimum absolute atomic E-state index is 0.145. The van der Waals surface area contributed by atoms with Gasteiger partial charge in [-0.2, -0.15) is 0 Å². The molecule has 0 atom stereocenters. The Morgan fingerprint density at radius 1 is 1.53 bits per heavy atom. The second-order valence-electron chi connectivity index (χ2n) is 4.01. The fourth-order valence-corrected chi connectivity index (χ4v) is 1.87. The highest BCUT2D eigenvalue weighted by Crippen LogP contribution is 2.49. The van der Waals surface area contributed by atoms with Crippen molar-refractivity contribution in [1.29, 1.82) is 0 Å². The topological polar surface area (TPSA) is 46.3 Å². The van der Waals surface area contributed by atoms with Gasteiger partial charge in [0.1, 0.15) is 5.82 Å². The molecule has 0 aliphatic heterocycles. The lowest BCUT2D eigenvalue weighted by Crippen LogP contribution is -2.41. The number of rotatable bonds is 2. The van der Waals surface area contributed by atoms with Crippen LogP contribution in [0.25, 0.3) is 0 Å². The molecular formula is C11H13FN2O. The van der Waals surface area contributed by atoms with Crippen molar-refractivity contribution < 1.29 is 9.18 Å². The average Bonchev–Trinajstić information content (AvgIpc) is 2.97. The Labute approximate surface area is 87.6 Å². The molecule has 1 aromatic rings. The van der Waals surface area contributed by atoms with Gasteiger partial charge in [0.15, 0.2) is 0 Å². The Hall–Kier alpha value is -1.42. The molecule has 0 radical (unpaired) electrons. The maximum Gasteiger partial charge on any atom is 0.246 e. The second kappa shape index (κ2) is 3.31. The average molecular weight is 208 g/mol. The first-order chi connectivity index (χ1) is 7.06. The van der Waals surface area contributed by atoms with Crippen LogP contribution in [0.5, 0.6) is 0 Å². The van der Waals surface area contributed by atoms with Gasteiger partial charge >= 0.3 is 0 Å². The number of benzene rings is 1. The van der Waals surface area contributed by atoms with Gasteiger partial charge in [0, 0.05) is 7.05 Å². The summed E-state index contributed by atoms with van der Waals surface area (Å²) in [6, 6.07) is 6.18. The van der Waals surface area contributed by atoms with Gasteiger partial charge in [-0.15, -0.1) is 0 Å². The second-order valence-corrected chi connectivity index (χ2v) is 4.01. The van der Waals surface area contributed by atoms with Crippen LogP contribution in [0, 0.1) is 5.82 Å². The van der Waals surface area contributed by atoms with Crippen molar-refractivity contribution in [3.05, 3.63) is 35.6 Å². The molecule has 1 amide bonds. The summed E-state index contributed by atoms with van der Waals surface area (Å²) in [5.74, 6) is 4.97. The molecule has 3 nitrogen and oxygen atoms in total. The predicted molar refractivity (Wildman–Crippen MR) is 54.3 cm³/mol. The summed E-state index contributed by atoms with van der Waals surface area (Å²) in [7, 11) is 1.52. The van der Waals surface area contributed by atoms with E-state index in [9.17, 15) is 9.18 Å². The quantitative estimate of drug-likeness (QED) is 0.451. The molecule has 0 heterocycles. The fraction of sp³-hybridized carbons (Fsp3) is 0.364. The molecule has 1 aliphatic rings. The largest absolute Gasteiger partial charge is 0.283 e. The van der Waals surface area contributed by atoms with Crippen molar-refractivity contribution in [2.24, 2.45) is 5.84 Å². The van der Waals surface area contributed by atoms with Crippen LogP contribution >= 0.6 is 0 Å². The van der Waals surface area contributed by atoms with Crippen LogP contribution in [0.2, 0.25) is 0 Å². The third-order valence-electron chi connectivity index (χ3n) is 2.86. The van der Waals surface area contributed by atoms with Gasteiger partial charge in [-0.05, 0) is 30.5 Å². The molecule has 0 aromatic heterocycles. The zero-order chi connectivity index (χ0) is 11.1. The molecule has 2 N–H and O–H groups in total. The number of carbonyl (C=O) groups is 1. The van der Waals surface area contributed by atoms with Crippen molar-refractivity contribution >= 4 is 5.91 Å². The van der Waals surface area contributed by atoms with Gasteiger partial charge in [-0.1, -0.05) is 12.1 Å². The van der Waals surface area contributed by atoms with E-state index in [0.29, 0.717) is 0 Å². The maximum atomic E-state index is 13.0. The Morgan fingerprint density at radius 2 is 2.20 bits per heavy atom. The summed E-state index contributed by atoms with van der Waals surface area (Å²) >= 11 is 0. The van der Waals surface area contributed by atoms with E-state index in [0.717, 1.165) is 23.4 Å². The van der Waals surface area contributed by atoms with E-state index >= 15 is 0 Å². The van der Waals surface area contributed by atoms with E-state index < -0.39 is 5.41 Å². The number of likely N-dealkylation sites (N-methyl/N-ethyl adjacent to an activating group) is 1. The first-order valence-electron chi connectivity index (χ1n) is 4.85. The van der Waals surface area contributed by atoms with Gasteiger partial charge in [-0.3, -0.25) is 9.80 Å². The molecule has 1 saturated carbocycles. The van der Waals surface area contributed by atoms with Crippen molar-refractivity contribution in [2.45, 2.75) is 18.3 Å². The molecule has 0 spiro atoms. The van der Waals surface area contributed by atoms with Gasteiger partial charge in [0.25, 0.3) is 0 Å². The number of hydrogen-bond acceptors (Lipinski definition) is 2. The smallest absolute Gasteiger partial charge is 0.246 e. The van der Waals surface area contributed by atoms with Crippen LogP contribution in [0.3, 0.4) is 0 Å². The van der Waals surface area contributed by atoms with E-state index in [-0.39, 0.29) is 11.7 Å². The first-order valence-corrected chi connectivity index (χ1v) is 4.85. The lowest BCUT2D eigenvalue weighted by atomic mass is 9.95. The molecule has 1 fully saturated rings. The molecule has 15 heavy (non-hydrogen) atoms. The number of hydrogen-bond donors (Lipinski definition) is 1. The van der Waals surface area contributed by atoms with Gasteiger partial charge < -0.3 is 0 Å². The summed E-state index contributed by atoms with van der Waals surface area (Å²) in [5.41, 5.74) is 0.163. The van der Waals surface area contributed by atoms with Crippen molar-refractivity contribution in [3.8, 4) is 0 Å². The molecule has 1 aliphatic carbocycles. The lowest BCUT2D eigenvalue weighted by molar-refractivity contribution is -0.132. The van der Waals surface area contributed by atoms with Crippen LogP contribution in [0.4, 0.5) is 4.39 Å². The number of nitrogens with zero attached hydrogens (tertiary/aromatic N) is 1. The SMILES string of the molecule is CN(N)C(=O)C1(c2cccc(F)c2)CC1. The Kier molecular flexibility index (Phi) is 2.23. The highest BCUT2D eigenvalue weighted by atomic mass is 19.1. The number of halogens is 1. The number of amides is 1. The third kappa shape index (κ3) is 1.61. The predicted octanol–water partition coefficient (Wildman–Crippen LogP) is 1.19. The highest BCUT2D eigenvalue weighted by Gasteiger charge is 2.52. The third-order valence-corrected chi connectivity index (χ3v) is 2.86. The molecular weight excluding hydrogens is 195 g/mol.